The smallest absolute Gasteiger partial charge is 0.265 e. The minimum atomic E-state index is -4.19. The van der Waals surface area contributed by atoms with E-state index in [-0.39, 0.29) is 5.69 Å². The lowest BCUT2D eigenvalue weighted by molar-refractivity contribution is 0.557. The van der Waals surface area contributed by atoms with Gasteiger partial charge in [0, 0.05) is 13.2 Å². The van der Waals surface area contributed by atoms with Crippen molar-refractivity contribution in [2.45, 2.75) is 4.90 Å². The fraction of sp³-hybridized carbons (Fsp3) is 0.100. The van der Waals surface area contributed by atoms with E-state index in [1.165, 1.54) is 17.1 Å². The van der Waals surface area contributed by atoms with Crippen LogP contribution in [0.15, 0.2) is 29.4 Å². The lowest BCUT2D eigenvalue weighted by atomic mass is 10.3. The van der Waals surface area contributed by atoms with E-state index in [0.29, 0.717) is 0 Å². The maximum Gasteiger partial charge on any atom is 0.265 e. The van der Waals surface area contributed by atoms with Gasteiger partial charge in [-0.15, -0.1) is 0 Å². The number of aryl methyl sites for hydroxylation is 1. The summed E-state index contributed by atoms with van der Waals surface area (Å²) in [6.45, 7) is 0. The first-order valence-electron chi connectivity index (χ1n) is 5.06. The summed E-state index contributed by atoms with van der Waals surface area (Å²) in [5, 5.41) is 3.76. The van der Waals surface area contributed by atoms with Gasteiger partial charge >= 0.3 is 0 Å². The van der Waals surface area contributed by atoms with E-state index in [2.05, 4.69) is 9.82 Å². The van der Waals surface area contributed by atoms with Crippen LogP contribution in [0.3, 0.4) is 0 Å². The highest BCUT2D eigenvalue weighted by Gasteiger charge is 2.23. The average molecular weight is 288 g/mol. The van der Waals surface area contributed by atoms with Crippen LogP contribution in [0, 0.1) is 11.6 Å². The quantitative estimate of drug-likeness (QED) is 0.827. The fourth-order valence-corrected chi connectivity index (χ4v) is 2.56. The molecule has 0 spiro atoms. The lowest BCUT2D eigenvalue weighted by Crippen LogP contribution is -2.15. The maximum absolute atomic E-state index is 13.7. The minimum absolute atomic E-state index is 0.157. The van der Waals surface area contributed by atoms with Crippen LogP contribution in [0.5, 0.6) is 0 Å². The Morgan fingerprint density at radius 2 is 2.05 bits per heavy atom. The molecule has 0 radical (unpaired) electrons. The molecule has 9 heteroatoms. The Kier molecular flexibility index (Phi) is 3.14. The summed E-state index contributed by atoms with van der Waals surface area (Å²) in [5.74, 6) is -2.34. The highest BCUT2D eigenvalue weighted by atomic mass is 32.2. The van der Waals surface area contributed by atoms with Crippen molar-refractivity contribution in [1.29, 1.82) is 0 Å². The Bertz CT molecular complexity index is 727. The van der Waals surface area contributed by atoms with Crippen molar-refractivity contribution < 1.29 is 17.2 Å². The Balaban J connectivity index is 2.43. The van der Waals surface area contributed by atoms with Crippen molar-refractivity contribution in [3.05, 3.63) is 36.2 Å². The third-order valence-electron chi connectivity index (χ3n) is 2.34. The third kappa shape index (κ3) is 2.50. The third-order valence-corrected chi connectivity index (χ3v) is 3.74. The molecule has 0 bridgehead atoms. The second-order valence-electron chi connectivity index (χ2n) is 3.78. The van der Waals surface area contributed by atoms with Gasteiger partial charge in [0.25, 0.3) is 10.0 Å². The van der Waals surface area contributed by atoms with Crippen molar-refractivity contribution in [2.75, 3.05) is 10.5 Å². The molecule has 1 heterocycles. The summed E-state index contributed by atoms with van der Waals surface area (Å²) in [6.07, 6.45) is 2.64. The highest BCUT2D eigenvalue weighted by molar-refractivity contribution is 7.92. The Morgan fingerprint density at radius 1 is 1.37 bits per heavy atom. The molecule has 2 rings (SSSR count). The van der Waals surface area contributed by atoms with Gasteiger partial charge in [0.05, 0.1) is 11.9 Å². The first kappa shape index (κ1) is 13.3. The van der Waals surface area contributed by atoms with Crippen LogP contribution < -0.4 is 10.5 Å². The molecule has 102 valence electrons. The number of nitrogens with one attached hydrogen (secondary N) is 1. The molecule has 3 N–H and O–H groups in total. The number of benzene rings is 1. The molecule has 0 atom stereocenters. The summed E-state index contributed by atoms with van der Waals surface area (Å²) >= 11 is 0. The molecule has 0 amide bonds. The second-order valence-corrected chi connectivity index (χ2v) is 5.43. The molecule has 0 aliphatic carbocycles. The van der Waals surface area contributed by atoms with E-state index < -0.39 is 32.2 Å². The Labute approximate surface area is 107 Å². The van der Waals surface area contributed by atoms with Gasteiger partial charge in [0.1, 0.15) is 16.4 Å². The summed E-state index contributed by atoms with van der Waals surface area (Å²) < 4.78 is 54.0. The SMILES string of the molecule is Cn1cc(NS(=O)(=O)c2ccc(F)c(N)c2F)cn1. The predicted octanol–water partition coefficient (Wildman–Crippen LogP) is 1.08. The normalized spacial score (nSPS) is 11.5. The number of nitrogen functional groups attached to an aromatic ring is 1. The molecule has 1 aromatic heterocycles. The Hall–Kier alpha value is -2.16. The summed E-state index contributed by atoms with van der Waals surface area (Å²) in [6, 6.07) is 1.59. The number of nitrogens with two attached hydrogens (primary N) is 1. The monoisotopic (exact) mass is 288 g/mol. The zero-order valence-electron chi connectivity index (χ0n) is 9.76. The van der Waals surface area contributed by atoms with Gasteiger partial charge in [-0.05, 0) is 12.1 Å². The molecule has 1 aromatic carbocycles. The van der Waals surface area contributed by atoms with Crippen molar-refractivity contribution in [3.8, 4) is 0 Å². The number of anilines is 2. The second kappa shape index (κ2) is 4.50. The Morgan fingerprint density at radius 3 is 2.63 bits per heavy atom. The summed E-state index contributed by atoms with van der Waals surface area (Å²) in [7, 11) is -2.60. The number of sulfonamides is 1. The van der Waals surface area contributed by atoms with Crippen LogP contribution in [0.25, 0.3) is 0 Å². The van der Waals surface area contributed by atoms with Gasteiger partial charge in [0.15, 0.2) is 5.82 Å². The van der Waals surface area contributed by atoms with Crippen LogP contribution in [-0.4, -0.2) is 18.2 Å². The number of rotatable bonds is 3. The molecule has 6 nitrogen and oxygen atoms in total. The van der Waals surface area contributed by atoms with E-state index in [9.17, 15) is 17.2 Å². The standard InChI is InChI=1S/C10H10F2N4O2S/c1-16-5-6(4-14-16)15-19(17,18)8-3-2-7(11)10(13)9(8)12/h2-5,15H,13H2,1H3. The first-order valence-corrected chi connectivity index (χ1v) is 6.54. The highest BCUT2D eigenvalue weighted by Crippen LogP contribution is 2.24. The molecule has 0 saturated carbocycles. The van der Waals surface area contributed by atoms with Gasteiger partial charge in [-0.25, -0.2) is 17.2 Å². The molecule has 0 saturated heterocycles. The van der Waals surface area contributed by atoms with E-state index in [1.54, 1.807) is 7.05 Å². The van der Waals surface area contributed by atoms with Crippen LogP contribution >= 0.6 is 0 Å². The van der Waals surface area contributed by atoms with E-state index in [1.807, 2.05) is 0 Å². The lowest BCUT2D eigenvalue weighted by Gasteiger charge is -2.08. The van der Waals surface area contributed by atoms with E-state index >= 15 is 0 Å². The molecule has 0 fully saturated rings. The maximum atomic E-state index is 13.7. The van der Waals surface area contributed by atoms with Crippen molar-refractivity contribution in [3.63, 3.8) is 0 Å². The van der Waals surface area contributed by atoms with Crippen LogP contribution in [0.1, 0.15) is 0 Å². The topological polar surface area (TPSA) is 90.0 Å². The summed E-state index contributed by atoms with van der Waals surface area (Å²) in [4.78, 5) is -0.727. The zero-order chi connectivity index (χ0) is 14.2. The van der Waals surface area contributed by atoms with Crippen molar-refractivity contribution in [2.24, 2.45) is 7.05 Å². The minimum Gasteiger partial charge on any atom is -0.394 e. The molecule has 0 aliphatic rings. The fourth-order valence-electron chi connectivity index (χ4n) is 1.44. The van der Waals surface area contributed by atoms with Gasteiger partial charge in [-0.2, -0.15) is 5.10 Å². The molecule has 19 heavy (non-hydrogen) atoms. The molecule has 2 aromatic rings. The molecule has 0 aliphatic heterocycles. The van der Waals surface area contributed by atoms with Crippen LogP contribution in [0.2, 0.25) is 0 Å². The van der Waals surface area contributed by atoms with Crippen molar-refractivity contribution >= 4 is 21.4 Å². The van der Waals surface area contributed by atoms with Gasteiger partial charge in [-0.1, -0.05) is 0 Å². The predicted molar refractivity (Wildman–Crippen MR) is 64.8 cm³/mol. The number of hydrogen-bond donors (Lipinski definition) is 2. The number of nitrogens with zero attached hydrogens (tertiary/aromatic N) is 2. The number of hydrogen-bond acceptors (Lipinski definition) is 4. The number of halogens is 2. The first-order chi connectivity index (χ1) is 8.81. The van der Waals surface area contributed by atoms with Crippen molar-refractivity contribution in [1.82, 2.24) is 9.78 Å². The summed E-state index contributed by atoms with van der Waals surface area (Å²) in [5.41, 5.74) is 4.44. The van der Waals surface area contributed by atoms with E-state index in [4.69, 9.17) is 5.73 Å². The van der Waals surface area contributed by atoms with Gasteiger partial charge in [0.2, 0.25) is 0 Å². The zero-order valence-corrected chi connectivity index (χ0v) is 10.6. The van der Waals surface area contributed by atoms with E-state index in [0.717, 1.165) is 12.1 Å². The number of aromatic nitrogens is 2. The van der Waals surface area contributed by atoms with Gasteiger partial charge < -0.3 is 5.73 Å². The van der Waals surface area contributed by atoms with Crippen LogP contribution in [0.4, 0.5) is 20.2 Å². The molecular weight excluding hydrogens is 278 g/mol. The van der Waals surface area contributed by atoms with Crippen LogP contribution in [-0.2, 0) is 17.1 Å². The average Bonchev–Trinajstić information content (AvgIpc) is 2.70. The molecular formula is C10H10F2N4O2S. The van der Waals surface area contributed by atoms with Gasteiger partial charge in [-0.3, -0.25) is 9.40 Å². The molecule has 0 unspecified atom stereocenters. The largest absolute Gasteiger partial charge is 0.394 e.